The van der Waals surface area contributed by atoms with E-state index < -0.39 is 0 Å². The number of aromatic nitrogens is 2. The van der Waals surface area contributed by atoms with Gasteiger partial charge in [0, 0.05) is 5.56 Å². The lowest BCUT2D eigenvalue weighted by molar-refractivity contribution is 0.795. The molecule has 0 radical (unpaired) electrons. The fourth-order valence-electron chi connectivity index (χ4n) is 2.62. The Bertz CT molecular complexity index is 989. The zero-order valence-electron chi connectivity index (χ0n) is 15.1. The number of thiocarbonyl (C=S) groups is 1. The summed E-state index contributed by atoms with van der Waals surface area (Å²) in [5.74, 6) is 6.49. The van der Waals surface area contributed by atoms with Gasteiger partial charge in [-0.3, -0.25) is 0 Å². The number of hydrogen-bond donors (Lipinski definition) is 0. The molecule has 3 aromatic rings. The maximum atomic E-state index is 4.55. The molecule has 1 aromatic heterocycles. The van der Waals surface area contributed by atoms with E-state index in [2.05, 4.69) is 87.5 Å². The van der Waals surface area contributed by atoms with Gasteiger partial charge >= 0.3 is 0 Å². The van der Waals surface area contributed by atoms with Crippen molar-refractivity contribution in [2.75, 3.05) is 0 Å². The summed E-state index contributed by atoms with van der Waals surface area (Å²) in [7, 11) is 0. The number of unbranched alkanes of at least 4 members (excludes halogenated alkanes) is 1. The zero-order valence-corrected chi connectivity index (χ0v) is 16.0. The van der Waals surface area contributed by atoms with Gasteiger partial charge in [0.1, 0.15) is 5.69 Å². The van der Waals surface area contributed by atoms with Crippen molar-refractivity contribution in [3.05, 3.63) is 77.9 Å². The third-order valence-electron chi connectivity index (χ3n) is 4.12. The first-order chi connectivity index (χ1) is 13.3. The number of nitrogens with zero attached hydrogens (tertiary/aromatic N) is 3. The molecule has 0 N–H and O–H groups in total. The lowest BCUT2D eigenvalue weighted by Gasteiger charge is -2.04. The average molecular weight is 369 g/mol. The minimum Gasteiger partial charge on any atom is -0.227 e. The highest BCUT2D eigenvalue weighted by Gasteiger charge is 1.99. The van der Waals surface area contributed by atoms with Crippen molar-refractivity contribution in [3.63, 3.8) is 0 Å². The summed E-state index contributed by atoms with van der Waals surface area (Å²) in [5, 5.41) is 2.28. The van der Waals surface area contributed by atoms with E-state index in [1.807, 2.05) is 12.1 Å². The minimum atomic E-state index is 0.449. The van der Waals surface area contributed by atoms with Crippen LogP contribution in [0.4, 0.5) is 5.69 Å². The molecule has 132 valence electrons. The van der Waals surface area contributed by atoms with Crippen molar-refractivity contribution >= 4 is 23.1 Å². The quantitative estimate of drug-likeness (QED) is 0.333. The van der Waals surface area contributed by atoms with Crippen LogP contribution in [0.5, 0.6) is 0 Å². The summed E-state index contributed by atoms with van der Waals surface area (Å²) in [4.78, 5) is 12.1. The lowest BCUT2D eigenvalue weighted by atomic mass is 10.0. The average Bonchev–Trinajstić information content (AvgIpc) is 2.73. The number of isothiocyanates is 1. The predicted molar refractivity (Wildman–Crippen MR) is 113 cm³/mol. The fraction of sp³-hybridized carbons (Fsp3) is 0.174. The third-order valence-corrected chi connectivity index (χ3v) is 4.21. The first-order valence-corrected chi connectivity index (χ1v) is 9.30. The van der Waals surface area contributed by atoms with Gasteiger partial charge in [-0.05, 0) is 59.8 Å². The molecule has 3 rings (SSSR count). The van der Waals surface area contributed by atoms with Crippen molar-refractivity contribution in [1.29, 1.82) is 0 Å². The molecule has 0 aliphatic heterocycles. The Morgan fingerprint density at radius 1 is 0.889 bits per heavy atom. The van der Waals surface area contributed by atoms with Crippen LogP contribution < -0.4 is 0 Å². The molecule has 4 heteroatoms. The van der Waals surface area contributed by atoms with E-state index in [4.69, 9.17) is 0 Å². The summed E-state index contributed by atoms with van der Waals surface area (Å²) < 4.78 is 0. The number of benzene rings is 2. The van der Waals surface area contributed by atoms with Crippen molar-refractivity contribution in [3.8, 4) is 23.0 Å². The molecular formula is C23H19N3S. The molecule has 3 nitrogen and oxygen atoms in total. The van der Waals surface area contributed by atoms with Crippen LogP contribution >= 0.6 is 12.2 Å². The van der Waals surface area contributed by atoms with E-state index in [1.54, 1.807) is 12.4 Å². The summed E-state index contributed by atoms with van der Waals surface area (Å²) >= 11 is 4.55. The Morgan fingerprint density at radius 2 is 1.52 bits per heavy atom. The highest BCUT2D eigenvalue weighted by Crippen LogP contribution is 2.21. The second kappa shape index (κ2) is 9.54. The maximum absolute atomic E-state index is 4.55. The molecule has 0 saturated heterocycles. The summed E-state index contributed by atoms with van der Waals surface area (Å²) in [6, 6.07) is 17.0. The van der Waals surface area contributed by atoms with Gasteiger partial charge in [-0.2, -0.15) is 4.99 Å². The zero-order chi connectivity index (χ0) is 18.9. The van der Waals surface area contributed by atoms with Crippen LogP contribution in [-0.2, 0) is 6.42 Å². The fourth-order valence-corrected chi connectivity index (χ4v) is 2.72. The first kappa shape index (κ1) is 18.7. The van der Waals surface area contributed by atoms with E-state index in [1.165, 1.54) is 29.5 Å². The van der Waals surface area contributed by atoms with Crippen molar-refractivity contribution in [2.45, 2.75) is 26.2 Å². The van der Waals surface area contributed by atoms with Gasteiger partial charge < -0.3 is 0 Å². The Balaban J connectivity index is 1.69. The SMILES string of the molecule is CCCCc1ccc(-c2ccc(C#Cc3ncc(N=C=S)cn3)cc2)cc1. The van der Waals surface area contributed by atoms with Gasteiger partial charge in [0.25, 0.3) is 0 Å². The highest BCUT2D eigenvalue weighted by atomic mass is 32.1. The molecule has 0 aliphatic carbocycles. The van der Waals surface area contributed by atoms with Crippen molar-refractivity contribution in [1.82, 2.24) is 9.97 Å². The molecule has 0 atom stereocenters. The van der Waals surface area contributed by atoms with E-state index >= 15 is 0 Å². The number of aryl methyl sites for hydroxylation is 1. The standard InChI is InChI=1S/C23H19N3S/c1-2-3-4-18-5-10-20(11-6-18)21-12-7-19(8-13-21)9-14-23-24-15-22(16-25-23)26-17-27/h5-8,10-13,15-16H,2-4H2,1H3. The Kier molecular flexibility index (Phi) is 6.60. The molecule has 0 aliphatic rings. The Hall–Kier alpha value is -3.12. The van der Waals surface area contributed by atoms with Gasteiger partial charge in [0.15, 0.2) is 0 Å². The minimum absolute atomic E-state index is 0.449. The van der Waals surface area contributed by atoms with Crippen LogP contribution in [-0.4, -0.2) is 15.1 Å². The van der Waals surface area contributed by atoms with Crippen LogP contribution in [0.3, 0.4) is 0 Å². The van der Waals surface area contributed by atoms with E-state index in [0.29, 0.717) is 11.5 Å². The topological polar surface area (TPSA) is 38.1 Å². The largest absolute Gasteiger partial charge is 0.227 e. The van der Waals surface area contributed by atoms with E-state index in [-0.39, 0.29) is 0 Å². The van der Waals surface area contributed by atoms with Crippen molar-refractivity contribution in [2.24, 2.45) is 4.99 Å². The third kappa shape index (κ3) is 5.43. The molecule has 1 heterocycles. The summed E-state index contributed by atoms with van der Waals surface area (Å²) in [5.41, 5.74) is 5.28. The van der Waals surface area contributed by atoms with Gasteiger partial charge in [-0.25, -0.2) is 9.97 Å². The van der Waals surface area contributed by atoms with Crippen LogP contribution in [0.25, 0.3) is 11.1 Å². The van der Waals surface area contributed by atoms with Crippen LogP contribution in [0.2, 0.25) is 0 Å². The lowest BCUT2D eigenvalue weighted by Crippen LogP contribution is -1.87. The highest BCUT2D eigenvalue weighted by molar-refractivity contribution is 7.78. The van der Waals surface area contributed by atoms with Gasteiger partial charge in [-0.1, -0.05) is 55.7 Å². The smallest absolute Gasteiger partial charge is 0.205 e. The van der Waals surface area contributed by atoms with Gasteiger partial charge in [0.05, 0.1) is 17.6 Å². The number of rotatable bonds is 5. The Labute approximate surface area is 165 Å². The van der Waals surface area contributed by atoms with Crippen LogP contribution in [0.1, 0.15) is 36.7 Å². The van der Waals surface area contributed by atoms with Crippen molar-refractivity contribution < 1.29 is 0 Å². The number of hydrogen-bond acceptors (Lipinski definition) is 4. The second-order valence-corrected chi connectivity index (χ2v) is 6.28. The second-order valence-electron chi connectivity index (χ2n) is 6.10. The molecule has 27 heavy (non-hydrogen) atoms. The molecule has 0 unspecified atom stereocenters. The van der Waals surface area contributed by atoms with Gasteiger partial charge in [0.2, 0.25) is 5.82 Å². The Morgan fingerprint density at radius 3 is 2.11 bits per heavy atom. The molecule has 2 aromatic carbocycles. The normalized spacial score (nSPS) is 9.81. The molecule has 0 amide bonds. The van der Waals surface area contributed by atoms with Crippen LogP contribution in [0, 0.1) is 11.8 Å². The molecule has 0 fully saturated rings. The summed E-state index contributed by atoms with van der Waals surface area (Å²) in [6.07, 6.45) is 6.75. The number of aliphatic imine (C=N–C) groups is 1. The molecule has 0 bridgehead atoms. The molecular weight excluding hydrogens is 350 g/mol. The van der Waals surface area contributed by atoms with Gasteiger partial charge in [-0.15, -0.1) is 0 Å². The monoisotopic (exact) mass is 369 g/mol. The molecule has 0 spiro atoms. The first-order valence-electron chi connectivity index (χ1n) is 8.90. The van der Waals surface area contributed by atoms with Crippen LogP contribution in [0.15, 0.2) is 65.9 Å². The summed E-state index contributed by atoms with van der Waals surface area (Å²) in [6.45, 7) is 2.22. The maximum Gasteiger partial charge on any atom is 0.205 e. The molecule has 0 saturated carbocycles. The van der Waals surface area contributed by atoms with E-state index in [9.17, 15) is 0 Å². The predicted octanol–water partition coefficient (Wildman–Crippen LogP) is 5.62. The van der Waals surface area contributed by atoms with E-state index in [0.717, 1.165) is 12.0 Å².